The standard InChI is InChI=1S/C25H34N2O5.ClH/c1-27(18-8-6-5-7-9-18)25(28)20-16-21(23(30-3)24(31-4)22(20)29-2)32-19-12-10-17(11-13-19)14-15-26;/h10-13,16,18H,5-9,14-15,26H2,1-4H3;1H. The molecule has 1 fully saturated rings. The van der Waals surface area contributed by atoms with Crippen molar-refractivity contribution >= 4 is 18.3 Å². The van der Waals surface area contributed by atoms with Gasteiger partial charge >= 0.3 is 0 Å². The fourth-order valence-corrected chi connectivity index (χ4v) is 4.26. The number of methoxy groups -OCH3 is 3. The summed E-state index contributed by atoms with van der Waals surface area (Å²) in [5, 5.41) is 0. The molecule has 2 aromatic carbocycles. The molecule has 1 amide bonds. The van der Waals surface area contributed by atoms with E-state index in [1.807, 2.05) is 36.2 Å². The van der Waals surface area contributed by atoms with E-state index in [1.165, 1.54) is 27.8 Å². The number of ether oxygens (including phenoxy) is 4. The van der Waals surface area contributed by atoms with E-state index in [1.54, 1.807) is 6.07 Å². The van der Waals surface area contributed by atoms with Crippen LogP contribution in [0.15, 0.2) is 30.3 Å². The molecule has 3 rings (SSSR count). The summed E-state index contributed by atoms with van der Waals surface area (Å²) in [7, 11) is 6.42. The Kier molecular flexibility index (Phi) is 10.1. The van der Waals surface area contributed by atoms with E-state index in [2.05, 4.69) is 0 Å². The molecule has 0 unspecified atom stereocenters. The SMILES string of the molecule is COc1c(Oc2ccc(CCN)cc2)cc(C(=O)N(C)C2CCCCC2)c(OC)c1OC.Cl. The summed E-state index contributed by atoms with van der Waals surface area (Å²) in [4.78, 5) is 15.3. The second kappa shape index (κ2) is 12.6. The Morgan fingerprint density at radius 3 is 2.12 bits per heavy atom. The number of carbonyl (C=O) groups is 1. The third-order valence-electron chi connectivity index (χ3n) is 6.03. The lowest BCUT2D eigenvalue weighted by Gasteiger charge is -2.32. The first kappa shape index (κ1) is 26.6. The second-order valence-electron chi connectivity index (χ2n) is 8.01. The maximum atomic E-state index is 13.5. The minimum Gasteiger partial charge on any atom is -0.492 e. The number of hydrogen-bond acceptors (Lipinski definition) is 6. The summed E-state index contributed by atoms with van der Waals surface area (Å²) >= 11 is 0. The van der Waals surface area contributed by atoms with Crippen LogP contribution in [0.3, 0.4) is 0 Å². The van der Waals surface area contributed by atoms with E-state index in [-0.39, 0.29) is 24.4 Å². The van der Waals surface area contributed by atoms with Crippen LogP contribution in [0.4, 0.5) is 0 Å². The lowest BCUT2D eigenvalue weighted by molar-refractivity contribution is 0.0691. The van der Waals surface area contributed by atoms with Gasteiger partial charge in [-0.2, -0.15) is 0 Å². The zero-order valence-corrected chi connectivity index (χ0v) is 20.7. The van der Waals surface area contributed by atoms with Gasteiger partial charge in [0.2, 0.25) is 11.5 Å². The van der Waals surface area contributed by atoms with Gasteiger partial charge in [-0.1, -0.05) is 31.4 Å². The van der Waals surface area contributed by atoms with Gasteiger partial charge in [0, 0.05) is 19.2 Å². The highest BCUT2D eigenvalue weighted by atomic mass is 35.5. The van der Waals surface area contributed by atoms with Gasteiger partial charge in [-0.25, -0.2) is 0 Å². The first-order valence-electron chi connectivity index (χ1n) is 11.1. The number of carbonyl (C=O) groups excluding carboxylic acids is 1. The Hall–Kier alpha value is -2.64. The average Bonchev–Trinajstić information content (AvgIpc) is 2.84. The zero-order valence-electron chi connectivity index (χ0n) is 19.9. The number of hydrogen-bond donors (Lipinski definition) is 1. The van der Waals surface area contributed by atoms with E-state index in [0.717, 1.165) is 37.7 Å². The fourth-order valence-electron chi connectivity index (χ4n) is 4.26. The minimum atomic E-state index is -0.127. The lowest BCUT2D eigenvalue weighted by Crippen LogP contribution is -2.38. The summed E-state index contributed by atoms with van der Waals surface area (Å²) in [5.74, 6) is 1.91. The zero-order chi connectivity index (χ0) is 23.1. The molecule has 0 heterocycles. The number of halogens is 1. The van der Waals surface area contributed by atoms with Crippen LogP contribution in [-0.2, 0) is 6.42 Å². The Bertz CT molecular complexity index is 914. The average molecular weight is 479 g/mol. The molecule has 0 bridgehead atoms. The van der Waals surface area contributed by atoms with Gasteiger partial charge in [0.1, 0.15) is 5.75 Å². The van der Waals surface area contributed by atoms with E-state index in [4.69, 9.17) is 24.7 Å². The Labute approximate surface area is 202 Å². The number of nitrogens with zero attached hydrogens (tertiary/aromatic N) is 1. The first-order valence-corrected chi connectivity index (χ1v) is 11.1. The molecule has 182 valence electrons. The second-order valence-corrected chi connectivity index (χ2v) is 8.01. The summed E-state index contributed by atoms with van der Waals surface area (Å²) in [6.07, 6.45) is 6.32. The molecule has 0 aliphatic heterocycles. The van der Waals surface area contributed by atoms with Crippen LogP contribution in [0.2, 0.25) is 0 Å². The van der Waals surface area contributed by atoms with Crippen LogP contribution in [0.1, 0.15) is 48.0 Å². The molecular weight excluding hydrogens is 444 g/mol. The Balaban J connectivity index is 0.00000385. The lowest BCUT2D eigenvalue weighted by atomic mass is 9.94. The van der Waals surface area contributed by atoms with Gasteiger partial charge in [0.05, 0.1) is 26.9 Å². The molecule has 0 radical (unpaired) electrons. The van der Waals surface area contributed by atoms with Crippen LogP contribution in [0, 0.1) is 0 Å². The highest BCUT2D eigenvalue weighted by Crippen LogP contribution is 2.48. The monoisotopic (exact) mass is 478 g/mol. The van der Waals surface area contributed by atoms with Gasteiger partial charge in [-0.3, -0.25) is 4.79 Å². The van der Waals surface area contributed by atoms with Crippen molar-refractivity contribution in [2.75, 3.05) is 34.9 Å². The third-order valence-corrected chi connectivity index (χ3v) is 6.03. The molecule has 0 aromatic heterocycles. The molecule has 1 saturated carbocycles. The third kappa shape index (κ3) is 6.03. The summed E-state index contributed by atoms with van der Waals surface area (Å²) in [6.45, 7) is 0.587. The quantitative estimate of drug-likeness (QED) is 0.555. The van der Waals surface area contributed by atoms with E-state index in [9.17, 15) is 4.79 Å². The number of amides is 1. The van der Waals surface area contributed by atoms with Crippen molar-refractivity contribution in [3.63, 3.8) is 0 Å². The topological polar surface area (TPSA) is 83.3 Å². The normalized spacial score (nSPS) is 13.6. The highest BCUT2D eigenvalue weighted by molar-refractivity contribution is 5.99. The molecule has 33 heavy (non-hydrogen) atoms. The summed E-state index contributed by atoms with van der Waals surface area (Å²) < 4.78 is 22.9. The van der Waals surface area contributed by atoms with E-state index < -0.39 is 0 Å². The molecule has 1 aliphatic carbocycles. The van der Waals surface area contributed by atoms with Crippen molar-refractivity contribution in [1.82, 2.24) is 4.90 Å². The number of benzene rings is 2. The van der Waals surface area contributed by atoms with Crippen LogP contribution >= 0.6 is 12.4 Å². The molecule has 2 aromatic rings. The predicted molar refractivity (Wildman–Crippen MR) is 132 cm³/mol. The summed E-state index contributed by atoms with van der Waals surface area (Å²) in [5.41, 5.74) is 7.14. The molecule has 0 spiro atoms. The van der Waals surface area contributed by atoms with Crippen LogP contribution in [0.25, 0.3) is 0 Å². The Morgan fingerprint density at radius 1 is 0.970 bits per heavy atom. The molecule has 1 aliphatic rings. The largest absolute Gasteiger partial charge is 0.492 e. The minimum absolute atomic E-state index is 0. The molecule has 8 heteroatoms. The molecule has 0 saturated heterocycles. The highest BCUT2D eigenvalue weighted by Gasteiger charge is 2.30. The molecule has 0 atom stereocenters. The molecule has 7 nitrogen and oxygen atoms in total. The number of rotatable bonds is 9. The summed E-state index contributed by atoms with van der Waals surface area (Å²) in [6, 6.07) is 9.58. The maximum absolute atomic E-state index is 13.5. The van der Waals surface area contributed by atoms with Crippen molar-refractivity contribution < 1.29 is 23.7 Å². The van der Waals surface area contributed by atoms with Crippen molar-refractivity contribution in [2.45, 2.75) is 44.6 Å². The van der Waals surface area contributed by atoms with Gasteiger partial charge < -0.3 is 29.6 Å². The van der Waals surface area contributed by atoms with E-state index >= 15 is 0 Å². The van der Waals surface area contributed by atoms with Crippen LogP contribution in [0.5, 0.6) is 28.7 Å². The smallest absolute Gasteiger partial charge is 0.257 e. The van der Waals surface area contributed by atoms with E-state index in [0.29, 0.717) is 40.9 Å². The van der Waals surface area contributed by atoms with Gasteiger partial charge in [-0.15, -0.1) is 12.4 Å². The van der Waals surface area contributed by atoms with Crippen LogP contribution < -0.4 is 24.7 Å². The fraction of sp³-hybridized carbons (Fsp3) is 0.480. The van der Waals surface area contributed by atoms with Gasteiger partial charge in [-0.05, 0) is 43.5 Å². The van der Waals surface area contributed by atoms with Crippen molar-refractivity contribution in [3.05, 3.63) is 41.5 Å². The first-order chi connectivity index (χ1) is 15.5. The van der Waals surface area contributed by atoms with Crippen molar-refractivity contribution in [3.8, 4) is 28.7 Å². The van der Waals surface area contributed by atoms with Crippen molar-refractivity contribution in [2.24, 2.45) is 5.73 Å². The van der Waals surface area contributed by atoms with Gasteiger partial charge in [0.15, 0.2) is 11.5 Å². The van der Waals surface area contributed by atoms with Gasteiger partial charge in [0.25, 0.3) is 5.91 Å². The van der Waals surface area contributed by atoms with Crippen LogP contribution in [-0.4, -0.2) is 51.8 Å². The number of nitrogens with two attached hydrogens (primary N) is 1. The predicted octanol–water partition coefficient (Wildman–Crippen LogP) is 4.83. The maximum Gasteiger partial charge on any atom is 0.257 e. The Morgan fingerprint density at radius 2 is 1.58 bits per heavy atom. The molecule has 2 N–H and O–H groups in total. The van der Waals surface area contributed by atoms with Crippen molar-refractivity contribution in [1.29, 1.82) is 0 Å². The molecular formula is C25H35ClN2O5.